The summed E-state index contributed by atoms with van der Waals surface area (Å²) in [6, 6.07) is 73.6. The van der Waals surface area contributed by atoms with E-state index in [0.717, 1.165) is 45.3 Å². The molecular formula is C68H54N4. The Balaban J connectivity index is 0.799. The number of aryl methyl sites for hydroxylation is 2. The van der Waals surface area contributed by atoms with Crippen LogP contribution in [0, 0.1) is 36.5 Å². The van der Waals surface area contributed by atoms with Gasteiger partial charge >= 0.3 is 0 Å². The summed E-state index contributed by atoms with van der Waals surface area (Å²) in [7, 11) is 0. The lowest BCUT2D eigenvalue weighted by atomic mass is 9.81. The van der Waals surface area contributed by atoms with Crippen LogP contribution in [0.25, 0.3) is 46.6 Å². The van der Waals surface area contributed by atoms with Gasteiger partial charge in [-0.15, -0.1) is 0 Å². The maximum atomic E-state index is 9.50. The number of fused-ring (bicyclic) bond motifs is 6. The molecule has 9 aromatic rings. The molecule has 0 spiro atoms. The second-order valence-electron chi connectivity index (χ2n) is 20.3. The summed E-state index contributed by atoms with van der Waals surface area (Å²) in [5, 5.41) is 19.0. The molecule has 9 aromatic carbocycles. The van der Waals surface area contributed by atoms with E-state index in [1.54, 1.807) is 0 Å². The largest absolute Gasteiger partial charge is 0.310 e. The van der Waals surface area contributed by atoms with E-state index in [-0.39, 0.29) is 10.8 Å². The fraction of sp³-hybridized carbons (Fsp3) is 0.118. The summed E-state index contributed by atoms with van der Waals surface area (Å²) < 4.78 is 0. The van der Waals surface area contributed by atoms with E-state index in [2.05, 4.69) is 233 Å². The van der Waals surface area contributed by atoms with Crippen LogP contribution in [0.5, 0.6) is 0 Å². The summed E-state index contributed by atoms with van der Waals surface area (Å²) >= 11 is 0. The first kappa shape index (κ1) is 45.5. The Labute approximate surface area is 424 Å². The topological polar surface area (TPSA) is 54.1 Å². The molecule has 2 aliphatic carbocycles. The first-order valence-corrected chi connectivity index (χ1v) is 24.7. The number of nitrogens with zero attached hydrogens (tertiary/aromatic N) is 4. The Morgan fingerprint density at radius 2 is 0.639 bits per heavy atom. The summed E-state index contributed by atoms with van der Waals surface area (Å²) in [6.07, 6.45) is 8.85. The van der Waals surface area contributed by atoms with E-state index >= 15 is 0 Å². The van der Waals surface area contributed by atoms with Crippen molar-refractivity contribution in [2.45, 2.75) is 52.4 Å². The van der Waals surface area contributed by atoms with Crippen LogP contribution in [-0.2, 0) is 10.8 Å². The van der Waals surface area contributed by atoms with Crippen molar-refractivity contribution in [1.29, 1.82) is 10.5 Å². The van der Waals surface area contributed by atoms with Gasteiger partial charge in [0.2, 0.25) is 0 Å². The van der Waals surface area contributed by atoms with Crippen LogP contribution in [0.2, 0.25) is 0 Å². The molecule has 346 valence electrons. The quantitative estimate of drug-likeness (QED) is 0.128. The summed E-state index contributed by atoms with van der Waals surface area (Å²) in [6.45, 7) is 13.6. The van der Waals surface area contributed by atoms with E-state index in [1.165, 1.54) is 66.8 Å². The predicted octanol–water partition coefficient (Wildman–Crippen LogP) is 17.9. The van der Waals surface area contributed by atoms with Crippen molar-refractivity contribution in [1.82, 2.24) is 0 Å². The zero-order chi connectivity index (χ0) is 49.7. The smallest absolute Gasteiger partial charge is 0.0991 e. The Kier molecular flexibility index (Phi) is 11.4. The molecule has 0 radical (unpaired) electrons. The molecule has 0 heterocycles. The molecule has 4 nitrogen and oxygen atoms in total. The second-order valence-corrected chi connectivity index (χ2v) is 20.3. The lowest BCUT2D eigenvalue weighted by Gasteiger charge is -2.28. The fourth-order valence-electron chi connectivity index (χ4n) is 10.9. The van der Waals surface area contributed by atoms with Gasteiger partial charge < -0.3 is 9.80 Å². The van der Waals surface area contributed by atoms with E-state index in [9.17, 15) is 10.5 Å². The van der Waals surface area contributed by atoms with Gasteiger partial charge in [0.1, 0.15) is 0 Å². The summed E-state index contributed by atoms with van der Waals surface area (Å²) in [5.41, 5.74) is 24.6. The monoisotopic (exact) mass is 926 g/mol. The third kappa shape index (κ3) is 8.28. The summed E-state index contributed by atoms with van der Waals surface area (Å²) in [4.78, 5) is 4.57. The molecule has 0 aliphatic heterocycles. The molecule has 4 heteroatoms. The van der Waals surface area contributed by atoms with Crippen molar-refractivity contribution >= 4 is 58.4 Å². The highest BCUT2D eigenvalue weighted by atomic mass is 15.1. The van der Waals surface area contributed by atoms with Crippen molar-refractivity contribution in [3.05, 3.63) is 261 Å². The van der Waals surface area contributed by atoms with Crippen molar-refractivity contribution in [2.24, 2.45) is 0 Å². The van der Waals surface area contributed by atoms with Crippen molar-refractivity contribution in [3.63, 3.8) is 0 Å². The number of rotatable bonds is 10. The Morgan fingerprint density at radius 3 is 1.00 bits per heavy atom. The van der Waals surface area contributed by atoms with Gasteiger partial charge in [-0.05, 0) is 189 Å². The molecule has 72 heavy (non-hydrogen) atoms. The van der Waals surface area contributed by atoms with Gasteiger partial charge in [-0.25, -0.2) is 0 Å². The van der Waals surface area contributed by atoms with Crippen molar-refractivity contribution in [2.75, 3.05) is 9.80 Å². The molecule has 0 N–H and O–H groups in total. The first-order chi connectivity index (χ1) is 34.9. The van der Waals surface area contributed by atoms with Crippen LogP contribution in [-0.4, -0.2) is 0 Å². The number of hydrogen-bond acceptors (Lipinski definition) is 4. The number of benzene rings is 9. The molecule has 0 saturated carbocycles. The van der Waals surface area contributed by atoms with Crippen LogP contribution >= 0.6 is 0 Å². The van der Waals surface area contributed by atoms with Gasteiger partial charge in [0.25, 0.3) is 0 Å². The molecule has 0 fully saturated rings. The highest BCUT2D eigenvalue weighted by Crippen LogP contribution is 2.53. The molecule has 11 rings (SSSR count). The Bertz CT molecular complexity index is 3480. The van der Waals surface area contributed by atoms with Crippen LogP contribution in [0.4, 0.5) is 34.1 Å². The minimum Gasteiger partial charge on any atom is -0.310 e. The zero-order valence-corrected chi connectivity index (χ0v) is 41.6. The lowest BCUT2D eigenvalue weighted by Crippen LogP contribution is -2.16. The maximum Gasteiger partial charge on any atom is 0.0991 e. The zero-order valence-electron chi connectivity index (χ0n) is 41.6. The van der Waals surface area contributed by atoms with Gasteiger partial charge in [-0.2, -0.15) is 10.5 Å². The second kappa shape index (κ2) is 18.1. The van der Waals surface area contributed by atoms with Crippen molar-refractivity contribution in [3.8, 4) is 34.4 Å². The van der Waals surface area contributed by atoms with Gasteiger partial charge in [0.15, 0.2) is 0 Å². The van der Waals surface area contributed by atoms with Gasteiger partial charge in [-0.3, -0.25) is 0 Å². The number of anilines is 6. The predicted molar refractivity (Wildman–Crippen MR) is 301 cm³/mol. The minimum absolute atomic E-state index is 0.207. The third-order valence-corrected chi connectivity index (χ3v) is 14.8. The van der Waals surface area contributed by atoms with Crippen LogP contribution < -0.4 is 9.80 Å². The molecule has 0 saturated heterocycles. The highest BCUT2D eigenvalue weighted by Gasteiger charge is 2.37. The average molecular weight is 927 g/mol. The number of hydrogen-bond donors (Lipinski definition) is 0. The maximum absolute atomic E-state index is 9.50. The van der Waals surface area contributed by atoms with E-state index in [0.29, 0.717) is 11.1 Å². The molecule has 0 unspecified atom stereocenters. The summed E-state index contributed by atoms with van der Waals surface area (Å²) in [5.74, 6) is 0. The van der Waals surface area contributed by atoms with E-state index in [1.807, 2.05) is 48.5 Å². The van der Waals surface area contributed by atoms with E-state index < -0.39 is 0 Å². The lowest BCUT2D eigenvalue weighted by molar-refractivity contribution is 0.660. The average Bonchev–Trinajstić information content (AvgIpc) is 3.76. The third-order valence-electron chi connectivity index (χ3n) is 14.8. The van der Waals surface area contributed by atoms with Crippen molar-refractivity contribution < 1.29 is 0 Å². The standard InChI is InChI=1S/C68H54N4/c1-45-9-7-11-55(37-45)71(53-27-21-51(43-69)22-28-53)57-31-35-61-59-33-25-49(39-63(59)67(3,4)65(61)41-57)19-17-47-13-15-48(16-14-47)18-20-50-26-34-60-62-36-32-58(42-66(62)68(5,6)64(60)40-50)72(56-12-8-10-46(2)38-56)54-29-23-52(44-70)24-30-54/h7-42H,1-6H3/b19-17+,20-18+. The van der Waals surface area contributed by atoms with Crippen LogP contribution in [0.3, 0.4) is 0 Å². The Hall–Kier alpha value is -8.96. The molecule has 0 amide bonds. The molecular weight excluding hydrogens is 873 g/mol. The van der Waals surface area contributed by atoms with Gasteiger partial charge in [-0.1, -0.05) is 149 Å². The fourth-order valence-corrected chi connectivity index (χ4v) is 10.9. The van der Waals surface area contributed by atoms with Crippen LogP contribution in [0.1, 0.15) is 94.5 Å². The number of nitriles is 2. The SMILES string of the molecule is Cc1cccc(N(c2ccc(C#N)cc2)c2ccc3c(c2)C(C)(C)c2cc(/C=C/c4ccc(/C=C/c5ccc6c(c5)C(C)(C)c5cc(N(c7ccc(C#N)cc7)c7cccc(C)c7)ccc5-6)cc4)ccc2-3)c1. The molecule has 0 aromatic heterocycles. The molecule has 0 bridgehead atoms. The first-order valence-electron chi connectivity index (χ1n) is 24.7. The van der Waals surface area contributed by atoms with Gasteiger partial charge in [0.05, 0.1) is 23.3 Å². The molecule has 0 atom stereocenters. The van der Waals surface area contributed by atoms with Gasteiger partial charge in [0, 0.05) is 45.0 Å². The highest BCUT2D eigenvalue weighted by molar-refractivity contribution is 5.89. The van der Waals surface area contributed by atoms with Crippen LogP contribution in [0.15, 0.2) is 194 Å². The normalized spacial score (nSPS) is 13.5. The van der Waals surface area contributed by atoms with E-state index in [4.69, 9.17) is 0 Å². The molecule has 2 aliphatic rings. The minimum atomic E-state index is -0.207. The Morgan fingerprint density at radius 1 is 0.333 bits per heavy atom.